The molecule has 112 valence electrons. The van der Waals surface area contributed by atoms with Gasteiger partial charge in [-0.15, -0.1) is 0 Å². The molecular formula is C18H23NO2. The Kier molecular flexibility index (Phi) is 4.51. The van der Waals surface area contributed by atoms with E-state index in [1.165, 1.54) is 0 Å². The van der Waals surface area contributed by atoms with Crippen LogP contribution in [0.25, 0.3) is 0 Å². The van der Waals surface area contributed by atoms with Crippen LogP contribution in [0.2, 0.25) is 0 Å². The Morgan fingerprint density at radius 1 is 1.29 bits per heavy atom. The Labute approximate surface area is 126 Å². The van der Waals surface area contributed by atoms with Crippen LogP contribution in [-0.4, -0.2) is 24.5 Å². The van der Waals surface area contributed by atoms with E-state index in [0.717, 1.165) is 5.56 Å². The molecule has 1 heterocycles. The van der Waals surface area contributed by atoms with Gasteiger partial charge in [-0.1, -0.05) is 50.3 Å². The summed E-state index contributed by atoms with van der Waals surface area (Å²) >= 11 is 0. The van der Waals surface area contributed by atoms with Crippen molar-refractivity contribution in [2.75, 3.05) is 13.7 Å². The number of carbonyl (C=O) groups is 1. The molecule has 0 fully saturated rings. The van der Waals surface area contributed by atoms with Gasteiger partial charge in [0, 0.05) is 19.4 Å². The third-order valence-electron chi connectivity index (χ3n) is 4.01. The molecule has 0 N–H and O–H groups in total. The van der Waals surface area contributed by atoms with Crippen LogP contribution in [0.5, 0.6) is 0 Å². The maximum absolute atomic E-state index is 12.5. The molecule has 1 aliphatic heterocycles. The zero-order valence-electron chi connectivity index (χ0n) is 13.2. The van der Waals surface area contributed by atoms with Crippen molar-refractivity contribution in [1.29, 1.82) is 0 Å². The number of rotatable bonds is 4. The molecule has 0 aromatic heterocycles. The van der Waals surface area contributed by atoms with E-state index in [9.17, 15) is 4.79 Å². The number of nitrogens with zero attached hydrogens (tertiary/aromatic N) is 1. The molecule has 0 saturated carbocycles. The number of benzene rings is 1. The Morgan fingerprint density at radius 3 is 2.52 bits per heavy atom. The van der Waals surface area contributed by atoms with E-state index >= 15 is 0 Å². The van der Waals surface area contributed by atoms with Crippen LogP contribution in [0.15, 0.2) is 54.4 Å². The second kappa shape index (κ2) is 6.17. The second-order valence-corrected chi connectivity index (χ2v) is 5.63. The van der Waals surface area contributed by atoms with Crippen molar-refractivity contribution in [2.45, 2.75) is 26.2 Å². The average molecular weight is 285 g/mol. The third kappa shape index (κ3) is 2.73. The molecule has 0 spiro atoms. The fourth-order valence-electron chi connectivity index (χ4n) is 2.91. The molecule has 0 aliphatic carbocycles. The lowest BCUT2D eigenvalue weighted by Gasteiger charge is -2.40. The SMILES string of the molecule is CCOC(=O)C1=CN(C)C=CC1(c1ccccc1)C(C)C. The van der Waals surface area contributed by atoms with Crippen LogP contribution in [0.4, 0.5) is 0 Å². The molecule has 3 nitrogen and oxygen atoms in total. The molecule has 0 saturated heterocycles. The molecule has 3 heteroatoms. The third-order valence-corrected chi connectivity index (χ3v) is 4.01. The van der Waals surface area contributed by atoms with Crippen LogP contribution in [0.3, 0.4) is 0 Å². The Bertz CT molecular complexity index is 560. The van der Waals surface area contributed by atoms with Gasteiger partial charge in [-0.25, -0.2) is 4.79 Å². The smallest absolute Gasteiger partial charge is 0.336 e. The molecule has 1 aromatic rings. The van der Waals surface area contributed by atoms with Gasteiger partial charge in [0.2, 0.25) is 0 Å². The number of carbonyl (C=O) groups excluding carboxylic acids is 1. The van der Waals surface area contributed by atoms with Gasteiger partial charge in [0.25, 0.3) is 0 Å². The molecule has 0 amide bonds. The summed E-state index contributed by atoms with van der Waals surface area (Å²) in [5, 5.41) is 0. The lowest BCUT2D eigenvalue weighted by Crippen LogP contribution is -2.39. The second-order valence-electron chi connectivity index (χ2n) is 5.63. The summed E-state index contributed by atoms with van der Waals surface area (Å²) in [7, 11) is 1.92. The van der Waals surface area contributed by atoms with Gasteiger partial charge >= 0.3 is 5.97 Å². The number of esters is 1. The molecule has 1 atom stereocenters. The van der Waals surface area contributed by atoms with Crippen molar-refractivity contribution in [3.8, 4) is 0 Å². The zero-order valence-corrected chi connectivity index (χ0v) is 13.2. The minimum Gasteiger partial charge on any atom is -0.463 e. The van der Waals surface area contributed by atoms with Crippen molar-refractivity contribution in [1.82, 2.24) is 4.90 Å². The fourth-order valence-corrected chi connectivity index (χ4v) is 2.91. The van der Waals surface area contributed by atoms with E-state index in [4.69, 9.17) is 4.74 Å². The summed E-state index contributed by atoms with van der Waals surface area (Å²) in [5.74, 6) is -0.00763. The normalized spacial score (nSPS) is 21.4. The first-order chi connectivity index (χ1) is 10.0. The summed E-state index contributed by atoms with van der Waals surface area (Å²) in [5.41, 5.74) is 1.36. The zero-order chi connectivity index (χ0) is 15.5. The molecule has 0 bridgehead atoms. The van der Waals surface area contributed by atoms with Crippen LogP contribution in [0.1, 0.15) is 26.3 Å². The highest BCUT2D eigenvalue weighted by Gasteiger charge is 2.42. The summed E-state index contributed by atoms with van der Waals surface area (Å²) in [6.07, 6.45) is 6.00. The molecule has 1 unspecified atom stereocenters. The number of hydrogen-bond donors (Lipinski definition) is 0. The van der Waals surface area contributed by atoms with Gasteiger partial charge in [0.1, 0.15) is 0 Å². The van der Waals surface area contributed by atoms with E-state index in [1.54, 1.807) is 0 Å². The van der Waals surface area contributed by atoms with Crippen LogP contribution < -0.4 is 0 Å². The molecule has 1 aliphatic rings. The van der Waals surface area contributed by atoms with Gasteiger partial charge < -0.3 is 9.64 Å². The Hall–Kier alpha value is -2.03. The van der Waals surface area contributed by atoms with Crippen LogP contribution >= 0.6 is 0 Å². The van der Waals surface area contributed by atoms with E-state index in [2.05, 4.69) is 32.1 Å². The predicted octanol–water partition coefficient (Wildman–Crippen LogP) is 3.49. The van der Waals surface area contributed by atoms with Crippen LogP contribution in [-0.2, 0) is 14.9 Å². The summed E-state index contributed by atoms with van der Waals surface area (Å²) in [6, 6.07) is 10.2. The van der Waals surface area contributed by atoms with Gasteiger partial charge in [0.15, 0.2) is 0 Å². The Balaban J connectivity index is 2.59. The van der Waals surface area contributed by atoms with Crippen molar-refractivity contribution >= 4 is 5.97 Å². The van der Waals surface area contributed by atoms with Gasteiger partial charge in [-0.05, 0) is 18.4 Å². The van der Waals surface area contributed by atoms with E-state index < -0.39 is 5.41 Å². The lowest BCUT2D eigenvalue weighted by atomic mass is 9.66. The predicted molar refractivity (Wildman–Crippen MR) is 84.6 cm³/mol. The van der Waals surface area contributed by atoms with E-state index in [0.29, 0.717) is 12.2 Å². The summed E-state index contributed by atoms with van der Waals surface area (Å²) in [4.78, 5) is 14.4. The molecular weight excluding hydrogens is 262 g/mol. The molecule has 0 radical (unpaired) electrons. The number of hydrogen-bond acceptors (Lipinski definition) is 3. The molecule has 21 heavy (non-hydrogen) atoms. The fraction of sp³-hybridized carbons (Fsp3) is 0.389. The highest BCUT2D eigenvalue weighted by molar-refractivity contribution is 5.92. The lowest BCUT2D eigenvalue weighted by molar-refractivity contribution is -0.139. The number of allylic oxidation sites excluding steroid dienone is 1. The van der Waals surface area contributed by atoms with E-state index in [-0.39, 0.29) is 11.9 Å². The first kappa shape index (κ1) is 15.4. The Morgan fingerprint density at radius 2 is 1.95 bits per heavy atom. The van der Waals surface area contributed by atoms with Crippen molar-refractivity contribution in [3.05, 3.63) is 59.9 Å². The average Bonchev–Trinajstić information content (AvgIpc) is 2.48. The minimum absolute atomic E-state index is 0.237. The topological polar surface area (TPSA) is 29.5 Å². The van der Waals surface area contributed by atoms with Gasteiger partial charge in [-0.2, -0.15) is 0 Å². The van der Waals surface area contributed by atoms with Crippen LogP contribution in [0, 0.1) is 5.92 Å². The molecule has 1 aromatic carbocycles. The first-order valence-corrected chi connectivity index (χ1v) is 7.38. The van der Waals surface area contributed by atoms with Crippen molar-refractivity contribution < 1.29 is 9.53 Å². The minimum atomic E-state index is -0.444. The molecule has 2 rings (SSSR count). The highest BCUT2D eigenvalue weighted by Crippen LogP contribution is 2.43. The quantitative estimate of drug-likeness (QED) is 0.793. The summed E-state index contributed by atoms with van der Waals surface area (Å²) < 4.78 is 5.29. The van der Waals surface area contributed by atoms with Gasteiger partial charge in [-0.3, -0.25) is 0 Å². The summed E-state index contributed by atoms with van der Waals surface area (Å²) in [6.45, 7) is 6.48. The first-order valence-electron chi connectivity index (χ1n) is 7.38. The monoisotopic (exact) mass is 285 g/mol. The maximum atomic E-state index is 12.5. The van der Waals surface area contributed by atoms with E-state index in [1.807, 2.05) is 49.5 Å². The standard InChI is InChI=1S/C18H23NO2/c1-5-21-17(20)16-13-19(4)12-11-18(16,14(2)3)15-9-7-6-8-10-15/h6-14H,5H2,1-4H3. The number of ether oxygens (including phenoxy) is 1. The van der Waals surface area contributed by atoms with Gasteiger partial charge in [0.05, 0.1) is 17.6 Å². The maximum Gasteiger partial charge on any atom is 0.336 e. The highest BCUT2D eigenvalue weighted by atomic mass is 16.5. The largest absolute Gasteiger partial charge is 0.463 e. The van der Waals surface area contributed by atoms with Crippen molar-refractivity contribution in [2.24, 2.45) is 5.92 Å². The van der Waals surface area contributed by atoms with Crippen molar-refractivity contribution in [3.63, 3.8) is 0 Å².